The van der Waals surface area contributed by atoms with Gasteiger partial charge in [0, 0.05) is 13.0 Å². The number of benzene rings is 1. The number of esters is 1. The molecular weight excluding hydrogens is 230 g/mol. The second-order valence-electron chi connectivity index (χ2n) is 4.27. The molecule has 0 saturated heterocycles. The molecule has 0 aliphatic heterocycles. The molecule has 100 valence electrons. The van der Waals surface area contributed by atoms with Gasteiger partial charge in [0.1, 0.15) is 5.75 Å². The average Bonchev–Trinajstić information content (AvgIpc) is 2.39. The van der Waals surface area contributed by atoms with Gasteiger partial charge in [-0.1, -0.05) is 12.1 Å². The lowest BCUT2D eigenvalue weighted by Gasteiger charge is -2.16. The van der Waals surface area contributed by atoms with Crippen molar-refractivity contribution < 1.29 is 14.3 Å². The molecule has 0 fully saturated rings. The van der Waals surface area contributed by atoms with Crippen molar-refractivity contribution in [3.63, 3.8) is 0 Å². The summed E-state index contributed by atoms with van der Waals surface area (Å²) < 4.78 is 9.72. The van der Waals surface area contributed by atoms with Crippen LogP contribution in [0.25, 0.3) is 0 Å². The standard InChI is InChI=1S/C14H21NO3/c1-15(10-4-5-14(16)18-3)11-12-6-8-13(17-2)9-7-12/h6-9H,4-5,10-11H2,1-3H3. The minimum Gasteiger partial charge on any atom is -0.497 e. The Labute approximate surface area is 108 Å². The second-order valence-corrected chi connectivity index (χ2v) is 4.27. The highest BCUT2D eigenvalue weighted by atomic mass is 16.5. The molecule has 4 nitrogen and oxygen atoms in total. The van der Waals surface area contributed by atoms with Crippen LogP contribution in [-0.4, -0.2) is 38.7 Å². The van der Waals surface area contributed by atoms with Crippen LogP contribution in [0.5, 0.6) is 5.75 Å². The molecule has 1 rings (SSSR count). The highest BCUT2D eigenvalue weighted by Gasteiger charge is 2.04. The zero-order valence-corrected chi connectivity index (χ0v) is 11.3. The lowest BCUT2D eigenvalue weighted by molar-refractivity contribution is -0.140. The van der Waals surface area contributed by atoms with E-state index >= 15 is 0 Å². The van der Waals surface area contributed by atoms with Gasteiger partial charge in [0.05, 0.1) is 14.2 Å². The van der Waals surface area contributed by atoms with Crippen LogP contribution in [-0.2, 0) is 16.1 Å². The summed E-state index contributed by atoms with van der Waals surface area (Å²) in [5.74, 6) is 0.722. The van der Waals surface area contributed by atoms with Gasteiger partial charge < -0.3 is 14.4 Å². The van der Waals surface area contributed by atoms with E-state index in [1.807, 2.05) is 19.2 Å². The van der Waals surface area contributed by atoms with Crippen molar-refractivity contribution in [1.29, 1.82) is 0 Å². The lowest BCUT2D eigenvalue weighted by Crippen LogP contribution is -2.20. The fourth-order valence-electron chi connectivity index (χ4n) is 1.72. The Morgan fingerprint density at radius 1 is 1.22 bits per heavy atom. The number of rotatable bonds is 7. The van der Waals surface area contributed by atoms with Crippen LogP contribution in [0.4, 0.5) is 0 Å². The maximum Gasteiger partial charge on any atom is 0.305 e. The van der Waals surface area contributed by atoms with E-state index in [9.17, 15) is 4.79 Å². The van der Waals surface area contributed by atoms with Crippen molar-refractivity contribution >= 4 is 5.97 Å². The quantitative estimate of drug-likeness (QED) is 0.695. The summed E-state index contributed by atoms with van der Waals surface area (Å²) in [6.07, 6.45) is 1.29. The van der Waals surface area contributed by atoms with Crippen LogP contribution in [0.2, 0.25) is 0 Å². The van der Waals surface area contributed by atoms with Crippen molar-refractivity contribution in [3.05, 3.63) is 29.8 Å². The molecule has 0 aromatic heterocycles. The largest absolute Gasteiger partial charge is 0.497 e. The first-order valence-corrected chi connectivity index (χ1v) is 6.04. The smallest absolute Gasteiger partial charge is 0.305 e. The highest BCUT2D eigenvalue weighted by Crippen LogP contribution is 2.12. The van der Waals surface area contributed by atoms with Crippen molar-refractivity contribution in [3.8, 4) is 5.75 Å². The van der Waals surface area contributed by atoms with Gasteiger partial charge in [-0.25, -0.2) is 0 Å². The van der Waals surface area contributed by atoms with E-state index in [1.165, 1.54) is 12.7 Å². The van der Waals surface area contributed by atoms with Crippen LogP contribution in [0.1, 0.15) is 18.4 Å². The summed E-state index contributed by atoms with van der Waals surface area (Å²) in [5, 5.41) is 0. The van der Waals surface area contributed by atoms with Crippen LogP contribution in [0.15, 0.2) is 24.3 Å². The number of methoxy groups -OCH3 is 2. The maximum atomic E-state index is 11.0. The summed E-state index contributed by atoms with van der Waals surface area (Å²) in [7, 11) is 5.12. The molecule has 0 spiro atoms. The second kappa shape index (κ2) is 7.71. The Morgan fingerprint density at radius 2 is 1.89 bits per heavy atom. The third-order valence-electron chi connectivity index (χ3n) is 2.76. The van der Waals surface area contributed by atoms with Gasteiger partial charge in [0.2, 0.25) is 0 Å². The molecule has 4 heteroatoms. The van der Waals surface area contributed by atoms with E-state index in [2.05, 4.69) is 21.8 Å². The minimum absolute atomic E-state index is 0.146. The number of carbonyl (C=O) groups is 1. The van der Waals surface area contributed by atoms with E-state index < -0.39 is 0 Å². The Hall–Kier alpha value is -1.55. The van der Waals surface area contributed by atoms with Gasteiger partial charge in [0.25, 0.3) is 0 Å². The number of hydrogen-bond acceptors (Lipinski definition) is 4. The van der Waals surface area contributed by atoms with E-state index in [1.54, 1.807) is 7.11 Å². The first-order valence-electron chi connectivity index (χ1n) is 6.04. The van der Waals surface area contributed by atoms with Gasteiger partial charge in [0.15, 0.2) is 0 Å². The molecular formula is C14H21NO3. The van der Waals surface area contributed by atoms with Gasteiger partial charge >= 0.3 is 5.97 Å². The Kier molecular flexibility index (Phi) is 6.22. The summed E-state index contributed by atoms with van der Waals surface area (Å²) in [6.45, 7) is 1.74. The van der Waals surface area contributed by atoms with Gasteiger partial charge in [-0.3, -0.25) is 4.79 Å². The Balaban J connectivity index is 2.30. The minimum atomic E-state index is -0.146. The average molecular weight is 251 g/mol. The zero-order valence-electron chi connectivity index (χ0n) is 11.3. The first-order chi connectivity index (χ1) is 8.65. The number of carbonyl (C=O) groups excluding carboxylic acids is 1. The zero-order chi connectivity index (χ0) is 13.4. The van der Waals surface area contributed by atoms with Crippen molar-refractivity contribution in [1.82, 2.24) is 4.90 Å². The summed E-state index contributed by atoms with van der Waals surface area (Å²) >= 11 is 0. The summed E-state index contributed by atoms with van der Waals surface area (Å²) in [6, 6.07) is 8.01. The molecule has 0 atom stereocenters. The third-order valence-corrected chi connectivity index (χ3v) is 2.76. The normalized spacial score (nSPS) is 10.4. The molecule has 1 aromatic rings. The Bertz CT molecular complexity index is 362. The monoisotopic (exact) mass is 251 g/mol. The SMILES string of the molecule is COC(=O)CCCN(C)Cc1ccc(OC)cc1. The number of nitrogens with zero attached hydrogens (tertiary/aromatic N) is 1. The van der Waals surface area contributed by atoms with Gasteiger partial charge in [-0.05, 0) is 37.7 Å². The summed E-state index contributed by atoms with van der Waals surface area (Å²) in [5.41, 5.74) is 1.23. The van der Waals surface area contributed by atoms with Crippen molar-refractivity contribution in [2.24, 2.45) is 0 Å². The van der Waals surface area contributed by atoms with Gasteiger partial charge in [-0.15, -0.1) is 0 Å². The van der Waals surface area contributed by atoms with E-state index in [0.29, 0.717) is 6.42 Å². The molecule has 0 aliphatic carbocycles. The molecule has 0 bridgehead atoms. The van der Waals surface area contributed by atoms with Crippen LogP contribution < -0.4 is 4.74 Å². The number of hydrogen-bond donors (Lipinski definition) is 0. The molecule has 0 unspecified atom stereocenters. The summed E-state index contributed by atoms with van der Waals surface area (Å²) in [4.78, 5) is 13.2. The highest BCUT2D eigenvalue weighted by molar-refractivity contribution is 5.69. The molecule has 1 aromatic carbocycles. The fourth-order valence-corrected chi connectivity index (χ4v) is 1.72. The van der Waals surface area contributed by atoms with Gasteiger partial charge in [-0.2, -0.15) is 0 Å². The maximum absolute atomic E-state index is 11.0. The molecule has 0 saturated carbocycles. The van der Waals surface area contributed by atoms with Crippen LogP contribution >= 0.6 is 0 Å². The van der Waals surface area contributed by atoms with Crippen LogP contribution in [0, 0.1) is 0 Å². The molecule has 0 heterocycles. The first kappa shape index (κ1) is 14.5. The van der Waals surface area contributed by atoms with E-state index in [4.69, 9.17) is 4.74 Å². The predicted molar refractivity (Wildman–Crippen MR) is 70.6 cm³/mol. The molecule has 0 aliphatic rings. The lowest BCUT2D eigenvalue weighted by atomic mass is 10.2. The molecule has 0 amide bonds. The van der Waals surface area contributed by atoms with E-state index in [0.717, 1.165) is 25.3 Å². The van der Waals surface area contributed by atoms with E-state index in [-0.39, 0.29) is 5.97 Å². The topological polar surface area (TPSA) is 38.8 Å². The Morgan fingerprint density at radius 3 is 2.44 bits per heavy atom. The molecule has 18 heavy (non-hydrogen) atoms. The van der Waals surface area contributed by atoms with Crippen LogP contribution in [0.3, 0.4) is 0 Å². The predicted octanol–water partition coefficient (Wildman–Crippen LogP) is 2.08. The fraction of sp³-hybridized carbons (Fsp3) is 0.500. The van der Waals surface area contributed by atoms with Crippen molar-refractivity contribution in [2.45, 2.75) is 19.4 Å². The van der Waals surface area contributed by atoms with Crippen molar-refractivity contribution in [2.75, 3.05) is 27.8 Å². The molecule has 0 radical (unpaired) electrons. The number of ether oxygens (including phenoxy) is 2. The third kappa shape index (κ3) is 5.19. The molecule has 0 N–H and O–H groups in total.